The topological polar surface area (TPSA) is 84.4 Å². The number of hydrogen-bond acceptors (Lipinski definition) is 6. The molecule has 2 heterocycles. The predicted octanol–water partition coefficient (Wildman–Crippen LogP) is -0.141. The number of nitrogens with zero attached hydrogens (tertiary/aromatic N) is 3. The summed E-state index contributed by atoms with van der Waals surface area (Å²) in [4.78, 5) is 8.19. The van der Waals surface area contributed by atoms with Gasteiger partial charge in [0.2, 0.25) is 10.0 Å². The summed E-state index contributed by atoms with van der Waals surface area (Å²) in [5.41, 5.74) is 0.793. The summed E-state index contributed by atoms with van der Waals surface area (Å²) < 4.78 is 30.7. The number of nitrogens with one attached hydrogen (secondary N) is 1. The van der Waals surface area contributed by atoms with Gasteiger partial charge in [-0.2, -0.15) is 4.31 Å². The van der Waals surface area contributed by atoms with Crippen LogP contribution in [-0.4, -0.2) is 61.3 Å². The van der Waals surface area contributed by atoms with E-state index in [0.717, 1.165) is 5.69 Å². The van der Waals surface area contributed by atoms with Crippen molar-refractivity contribution in [3.8, 4) is 0 Å². The Labute approximate surface area is 113 Å². The highest BCUT2D eigenvalue weighted by atomic mass is 32.2. The quantitative estimate of drug-likeness (QED) is 0.811. The minimum Gasteiger partial charge on any atom is -0.379 e. The molecule has 0 aromatic carbocycles. The fourth-order valence-electron chi connectivity index (χ4n) is 1.81. The Morgan fingerprint density at radius 3 is 2.79 bits per heavy atom. The first-order valence-electron chi connectivity index (χ1n) is 6.16. The van der Waals surface area contributed by atoms with Crippen molar-refractivity contribution in [1.82, 2.24) is 14.3 Å². The molecule has 1 aromatic rings. The van der Waals surface area contributed by atoms with Crippen molar-refractivity contribution in [3.63, 3.8) is 0 Å². The van der Waals surface area contributed by atoms with Crippen molar-refractivity contribution in [2.45, 2.75) is 6.92 Å². The third-order valence-electron chi connectivity index (χ3n) is 2.78. The average molecular weight is 286 g/mol. The monoisotopic (exact) mass is 286 g/mol. The summed E-state index contributed by atoms with van der Waals surface area (Å²) in [6, 6.07) is 0. The molecule has 2 rings (SSSR count). The minimum atomic E-state index is -3.22. The van der Waals surface area contributed by atoms with Gasteiger partial charge in [-0.15, -0.1) is 0 Å². The second-order valence-corrected chi connectivity index (χ2v) is 6.39. The van der Waals surface area contributed by atoms with Crippen molar-refractivity contribution in [3.05, 3.63) is 18.1 Å². The van der Waals surface area contributed by atoms with Crippen molar-refractivity contribution in [1.29, 1.82) is 0 Å². The van der Waals surface area contributed by atoms with Crippen LogP contribution in [0.5, 0.6) is 0 Å². The number of sulfonamides is 1. The molecule has 1 aliphatic heterocycles. The summed E-state index contributed by atoms with van der Waals surface area (Å²) in [7, 11) is -3.22. The average Bonchev–Trinajstić information content (AvgIpc) is 2.40. The Bertz CT molecular complexity index is 514. The first-order valence-corrected chi connectivity index (χ1v) is 7.77. The number of anilines is 1. The lowest BCUT2D eigenvalue weighted by Crippen LogP contribution is -2.42. The molecule has 0 unspecified atom stereocenters. The van der Waals surface area contributed by atoms with Gasteiger partial charge in [0.1, 0.15) is 5.82 Å². The van der Waals surface area contributed by atoms with Crippen molar-refractivity contribution < 1.29 is 13.2 Å². The maximum atomic E-state index is 12.0. The largest absolute Gasteiger partial charge is 0.379 e. The van der Waals surface area contributed by atoms with Gasteiger partial charge in [-0.25, -0.2) is 13.4 Å². The lowest BCUT2D eigenvalue weighted by Gasteiger charge is -2.26. The summed E-state index contributed by atoms with van der Waals surface area (Å²) in [6.45, 7) is 3.96. The molecule has 1 N–H and O–H groups in total. The van der Waals surface area contributed by atoms with E-state index in [1.54, 1.807) is 12.4 Å². The van der Waals surface area contributed by atoms with E-state index in [0.29, 0.717) is 38.7 Å². The Kier molecular flexibility index (Phi) is 4.67. The van der Waals surface area contributed by atoms with Crippen LogP contribution in [0, 0.1) is 6.92 Å². The second-order valence-electron chi connectivity index (χ2n) is 4.30. The van der Waals surface area contributed by atoms with E-state index >= 15 is 0 Å². The van der Waals surface area contributed by atoms with E-state index < -0.39 is 10.0 Å². The Morgan fingerprint density at radius 2 is 2.11 bits per heavy atom. The Hall–Kier alpha value is -1.25. The highest BCUT2D eigenvalue weighted by Crippen LogP contribution is 2.06. The molecule has 0 amide bonds. The molecule has 0 aliphatic carbocycles. The van der Waals surface area contributed by atoms with Crippen LogP contribution in [0.25, 0.3) is 0 Å². The Balaban J connectivity index is 1.84. The number of aromatic nitrogens is 2. The van der Waals surface area contributed by atoms with Crippen LogP contribution in [0.1, 0.15) is 5.69 Å². The minimum absolute atomic E-state index is 0.0443. The van der Waals surface area contributed by atoms with Crippen molar-refractivity contribution >= 4 is 15.8 Å². The van der Waals surface area contributed by atoms with Gasteiger partial charge in [0.05, 0.1) is 30.9 Å². The molecule has 8 heteroatoms. The standard InChI is InChI=1S/C11H18N4O3S/c1-10-8-12-9-11(14-10)13-2-7-19(16,17)15-3-5-18-6-4-15/h8-9H,2-7H2,1H3,(H,13,14). The number of hydrogen-bond donors (Lipinski definition) is 1. The zero-order valence-electron chi connectivity index (χ0n) is 10.9. The first-order chi connectivity index (χ1) is 9.08. The molecule has 0 bridgehead atoms. The summed E-state index contributed by atoms with van der Waals surface area (Å²) in [5.74, 6) is 0.639. The van der Waals surface area contributed by atoms with Gasteiger partial charge in [0.25, 0.3) is 0 Å². The normalized spacial score (nSPS) is 17.3. The third-order valence-corrected chi connectivity index (χ3v) is 4.66. The van der Waals surface area contributed by atoms with Crippen LogP contribution in [-0.2, 0) is 14.8 Å². The number of aryl methyl sites for hydroxylation is 1. The maximum Gasteiger partial charge on any atom is 0.215 e. The molecule has 0 radical (unpaired) electrons. The van der Waals surface area contributed by atoms with Crippen LogP contribution >= 0.6 is 0 Å². The van der Waals surface area contributed by atoms with Crippen LogP contribution in [0.4, 0.5) is 5.82 Å². The first kappa shape index (κ1) is 14.2. The maximum absolute atomic E-state index is 12.0. The zero-order valence-corrected chi connectivity index (χ0v) is 11.7. The fraction of sp³-hybridized carbons (Fsp3) is 0.636. The molecule has 1 aliphatic rings. The zero-order chi connectivity index (χ0) is 13.7. The highest BCUT2D eigenvalue weighted by molar-refractivity contribution is 7.89. The number of rotatable bonds is 5. The van der Waals surface area contributed by atoms with Crippen LogP contribution in [0.2, 0.25) is 0 Å². The van der Waals surface area contributed by atoms with Crippen molar-refractivity contribution in [2.24, 2.45) is 0 Å². The molecule has 0 saturated carbocycles. The van der Waals surface area contributed by atoms with Crippen LogP contribution in [0.15, 0.2) is 12.4 Å². The molecule has 1 saturated heterocycles. The number of morpholine rings is 1. The van der Waals surface area contributed by atoms with Crippen LogP contribution in [0.3, 0.4) is 0 Å². The lowest BCUT2D eigenvalue weighted by atomic mass is 10.5. The predicted molar refractivity (Wildman–Crippen MR) is 71.4 cm³/mol. The summed E-state index contributed by atoms with van der Waals surface area (Å²) >= 11 is 0. The third kappa shape index (κ3) is 4.12. The number of ether oxygens (including phenoxy) is 1. The van der Waals surface area contributed by atoms with Crippen molar-refractivity contribution in [2.75, 3.05) is 43.9 Å². The molecular weight excluding hydrogens is 268 g/mol. The van der Waals surface area contributed by atoms with Gasteiger partial charge in [-0.05, 0) is 6.92 Å². The van der Waals surface area contributed by atoms with Crippen LogP contribution < -0.4 is 5.32 Å². The van der Waals surface area contributed by atoms with Gasteiger partial charge in [-0.1, -0.05) is 0 Å². The van der Waals surface area contributed by atoms with Gasteiger partial charge in [0.15, 0.2) is 0 Å². The van der Waals surface area contributed by atoms with E-state index in [4.69, 9.17) is 4.74 Å². The van der Waals surface area contributed by atoms with Gasteiger partial charge >= 0.3 is 0 Å². The highest BCUT2D eigenvalue weighted by Gasteiger charge is 2.23. The Morgan fingerprint density at radius 1 is 1.37 bits per heavy atom. The summed E-state index contributed by atoms with van der Waals surface area (Å²) in [5, 5.41) is 2.97. The molecule has 0 atom stereocenters. The molecule has 1 fully saturated rings. The molecule has 7 nitrogen and oxygen atoms in total. The molecule has 19 heavy (non-hydrogen) atoms. The molecule has 0 spiro atoms. The second kappa shape index (κ2) is 6.27. The fourth-order valence-corrected chi connectivity index (χ4v) is 3.13. The van der Waals surface area contributed by atoms with Gasteiger partial charge in [-0.3, -0.25) is 4.98 Å². The smallest absolute Gasteiger partial charge is 0.215 e. The SMILES string of the molecule is Cc1cncc(NCCS(=O)(=O)N2CCOCC2)n1. The molecule has 1 aromatic heterocycles. The van der Waals surface area contributed by atoms with E-state index in [2.05, 4.69) is 15.3 Å². The lowest BCUT2D eigenvalue weighted by molar-refractivity contribution is 0.0731. The van der Waals surface area contributed by atoms with Gasteiger partial charge < -0.3 is 10.1 Å². The summed E-state index contributed by atoms with van der Waals surface area (Å²) in [6.07, 6.45) is 3.23. The van der Waals surface area contributed by atoms with E-state index in [-0.39, 0.29) is 5.75 Å². The molecular formula is C11H18N4O3S. The van der Waals surface area contributed by atoms with E-state index in [1.165, 1.54) is 4.31 Å². The van der Waals surface area contributed by atoms with E-state index in [1.807, 2.05) is 6.92 Å². The van der Waals surface area contributed by atoms with Gasteiger partial charge in [0, 0.05) is 25.8 Å². The van der Waals surface area contributed by atoms with E-state index in [9.17, 15) is 8.42 Å². The molecule has 106 valence electrons.